The quantitative estimate of drug-likeness (QED) is 0.761. The maximum Gasteiger partial charge on any atom is 0.272 e. The predicted octanol–water partition coefficient (Wildman–Crippen LogP) is 3.50. The normalized spacial score (nSPS) is 13.1. The molecule has 116 valence electrons. The summed E-state index contributed by atoms with van der Waals surface area (Å²) in [6.07, 6.45) is 0. The molecule has 1 aliphatic heterocycles. The molecule has 2 heterocycles. The molecule has 2 aromatic carbocycles. The van der Waals surface area contributed by atoms with Gasteiger partial charge in [0.25, 0.3) is 5.91 Å². The number of carbonyl (C=O) groups is 1. The fourth-order valence-electron chi connectivity index (χ4n) is 2.69. The van der Waals surface area contributed by atoms with E-state index in [9.17, 15) is 4.79 Å². The minimum Gasteiger partial charge on any atom is -0.486 e. The van der Waals surface area contributed by atoms with Gasteiger partial charge in [0.1, 0.15) is 18.9 Å². The first kappa shape index (κ1) is 13.7. The van der Waals surface area contributed by atoms with Crippen LogP contribution in [-0.4, -0.2) is 24.1 Å². The molecule has 0 unspecified atom stereocenters. The monoisotopic (exact) mass is 308 g/mol. The molecule has 3 aromatic rings. The van der Waals surface area contributed by atoms with E-state index in [1.807, 2.05) is 31.2 Å². The summed E-state index contributed by atoms with van der Waals surface area (Å²) in [5.74, 6) is 1.17. The Morgan fingerprint density at radius 3 is 2.74 bits per heavy atom. The van der Waals surface area contributed by atoms with Crippen molar-refractivity contribution in [3.63, 3.8) is 0 Å². The summed E-state index contributed by atoms with van der Waals surface area (Å²) in [4.78, 5) is 15.6. The van der Waals surface area contributed by atoms with Gasteiger partial charge in [-0.15, -0.1) is 0 Å². The first-order valence-electron chi connectivity index (χ1n) is 7.49. The van der Waals surface area contributed by atoms with Crippen LogP contribution < -0.4 is 14.8 Å². The molecular weight excluding hydrogens is 292 g/mol. The van der Waals surface area contributed by atoms with Crippen LogP contribution in [0.3, 0.4) is 0 Å². The largest absolute Gasteiger partial charge is 0.486 e. The van der Waals surface area contributed by atoms with E-state index in [1.165, 1.54) is 0 Å². The average molecular weight is 308 g/mol. The molecule has 0 saturated carbocycles. The van der Waals surface area contributed by atoms with Crippen LogP contribution in [0.15, 0.2) is 42.5 Å². The average Bonchev–Trinajstić information content (AvgIpc) is 2.98. The fourth-order valence-corrected chi connectivity index (χ4v) is 2.69. The number of aromatic nitrogens is 1. The van der Waals surface area contributed by atoms with E-state index in [0.29, 0.717) is 36.1 Å². The second-order valence-corrected chi connectivity index (χ2v) is 5.59. The van der Waals surface area contributed by atoms with Gasteiger partial charge in [0.2, 0.25) is 0 Å². The van der Waals surface area contributed by atoms with E-state index in [2.05, 4.69) is 10.3 Å². The fraction of sp³-hybridized carbons (Fsp3) is 0.167. The van der Waals surface area contributed by atoms with Crippen molar-refractivity contribution in [3.05, 3.63) is 53.7 Å². The summed E-state index contributed by atoms with van der Waals surface area (Å²) in [7, 11) is 0. The van der Waals surface area contributed by atoms with Crippen LogP contribution in [0.5, 0.6) is 11.5 Å². The highest BCUT2D eigenvalue weighted by Crippen LogP contribution is 2.32. The molecule has 0 bridgehead atoms. The van der Waals surface area contributed by atoms with E-state index >= 15 is 0 Å². The van der Waals surface area contributed by atoms with Gasteiger partial charge in [0.05, 0.1) is 0 Å². The molecule has 0 aliphatic carbocycles. The van der Waals surface area contributed by atoms with Crippen molar-refractivity contribution in [2.75, 3.05) is 18.5 Å². The third-order valence-electron chi connectivity index (χ3n) is 3.82. The number of rotatable bonds is 2. The van der Waals surface area contributed by atoms with Gasteiger partial charge in [-0.2, -0.15) is 0 Å². The Kier molecular flexibility index (Phi) is 3.19. The molecular formula is C18H16N2O3. The molecule has 1 aliphatic rings. The van der Waals surface area contributed by atoms with Gasteiger partial charge >= 0.3 is 0 Å². The standard InChI is InChI=1S/C18H16N2O3/c1-11-2-4-14-12(8-11)9-15(20-14)18(21)19-13-3-5-16-17(10-13)23-7-6-22-16/h2-5,8-10,20H,6-7H2,1H3,(H,19,21). The summed E-state index contributed by atoms with van der Waals surface area (Å²) < 4.78 is 11.0. The topological polar surface area (TPSA) is 63.4 Å². The Labute approximate surface area is 133 Å². The zero-order valence-corrected chi connectivity index (χ0v) is 12.7. The molecule has 0 radical (unpaired) electrons. The van der Waals surface area contributed by atoms with Gasteiger partial charge in [-0.25, -0.2) is 0 Å². The molecule has 0 atom stereocenters. The molecule has 2 N–H and O–H groups in total. The number of aryl methyl sites for hydroxylation is 1. The number of H-pyrrole nitrogens is 1. The number of anilines is 1. The second-order valence-electron chi connectivity index (χ2n) is 5.59. The van der Waals surface area contributed by atoms with Crippen LogP contribution in [0.1, 0.15) is 16.1 Å². The van der Waals surface area contributed by atoms with Crippen LogP contribution in [0.25, 0.3) is 10.9 Å². The van der Waals surface area contributed by atoms with Crippen LogP contribution in [0, 0.1) is 6.92 Å². The van der Waals surface area contributed by atoms with Crippen LogP contribution in [0.4, 0.5) is 5.69 Å². The minimum atomic E-state index is -0.185. The van der Waals surface area contributed by atoms with Crippen molar-refractivity contribution in [1.29, 1.82) is 0 Å². The SMILES string of the molecule is Cc1ccc2[nH]c(C(=O)Nc3ccc4c(c3)OCCO4)cc2c1. The number of hydrogen-bond donors (Lipinski definition) is 2. The molecule has 5 heteroatoms. The number of benzene rings is 2. The molecule has 0 fully saturated rings. The molecule has 0 saturated heterocycles. The Hall–Kier alpha value is -2.95. The van der Waals surface area contributed by atoms with Gasteiger partial charge in [0.15, 0.2) is 11.5 Å². The van der Waals surface area contributed by atoms with Gasteiger partial charge in [-0.3, -0.25) is 4.79 Å². The van der Waals surface area contributed by atoms with Crippen molar-refractivity contribution in [2.45, 2.75) is 6.92 Å². The van der Waals surface area contributed by atoms with Crippen molar-refractivity contribution in [1.82, 2.24) is 4.98 Å². The van der Waals surface area contributed by atoms with Crippen molar-refractivity contribution < 1.29 is 14.3 Å². The van der Waals surface area contributed by atoms with Gasteiger partial charge in [0, 0.05) is 22.7 Å². The van der Waals surface area contributed by atoms with Crippen molar-refractivity contribution >= 4 is 22.5 Å². The first-order valence-corrected chi connectivity index (χ1v) is 7.49. The molecule has 1 amide bonds. The number of nitrogens with one attached hydrogen (secondary N) is 2. The molecule has 4 rings (SSSR count). The number of carbonyl (C=O) groups excluding carboxylic acids is 1. The predicted molar refractivity (Wildman–Crippen MR) is 88.4 cm³/mol. The van der Waals surface area contributed by atoms with Gasteiger partial charge in [-0.1, -0.05) is 11.6 Å². The third-order valence-corrected chi connectivity index (χ3v) is 3.82. The van der Waals surface area contributed by atoms with Crippen molar-refractivity contribution in [2.24, 2.45) is 0 Å². The van der Waals surface area contributed by atoms with Crippen LogP contribution in [-0.2, 0) is 0 Å². The zero-order valence-electron chi connectivity index (χ0n) is 12.7. The minimum absolute atomic E-state index is 0.185. The maximum absolute atomic E-state index is 12.4. The Morgan fingerprint density at radius 1 is 1.04 bits per heavy atom. The smallest absolute Gasteiger partial charge is 0.272 e. The maximum atomic E-state index is 12.4. The lowest BCUT2D eigenvalue weighted by atomic mass is 10.2. The summed E-state index contributed by atoms with van der Waals surface area (Å²) in [5.41, 5.74) is 3.31. The van der Waals surface area contributed by atoms with E-state index in [4.69, 9.17) is 9.47 Å². The number of hydrogen-bond acceptors (Lipinski definition) is 3. The second kappa shape index (κ2) is 5.35. The zero-order chi connectivity index (χ0) is 15.8. The molecule has 5 nitrogen and oxygen atoms in total. The van der Waals surface area contributed by atoms with Crippen LogP contribution >= 0.6 is 0 Å². The highest BCUT2D eigenvalue weighted by Gasteiger charge is 2.14. The third kappa shape index (κ3) is 2.61. The lowest BCUT2D eigenvalue weighted by Crippen LogP contribution is -2.16. The van der Waals surface area contributed by atoms with E-state index in [0.717, 1.165) is 16.5 Å². The lowest BCUT2D eigenvalue weighted by molar-refractivity contribution is 0.102. The number of aromatic amines is 1. The lowest BCUT2D eigenvalue weighted by Gasteiger charge is -2.18. The molecule has 23 heavy (non-hydrogen) atoms. The van der Waals surface area contributed by atoms with E-state index < -0.39 is 0 Å². The summed E-state index contributed by atoms with van der Waals surface area (Å²) in [5, 5.41) is 3.90. The van der Waals surface area contributed by atoms with E-state index in [1.54, 1.807) is 18.2 Å². The Morgan fingerprint density at radius 2 is 1.87 bits per heavy atom. The van der Waals surface area contributed by atoms with Gasteiger partial charge in [-0.05, 0) is 37.3 Å². The van der Waals surface area contributed by atoms with Gasteiger partial charge < -0.3 is 19.8 Å². The van der Waals surface area contributed by atoms with E-state index in [-0.39, 0.29) is 5.91 Å². The number of amides is 1. The summed E-state index contributed by atoms with van der Waals surface area (Å²) in [6, 6.07) is 13.3. The first-order chi connectivity index (χ1) is 11.2. The van der Waals surface area contributed by atoms with Crippen molar-refractivity contribution in [3.8, 4) is 11.5 Å². The Bertz CT molecular complexity index is 898. The number of fused-ring (bicyclic) bond motifs is 2. The molecule has 1 aromatic heterocycles. The highest BCUT2D eigenvalue weighted by atomic mass is 16.6. The highest BCUT2D eigenvalue weighted by molar-refractivity contribution is 6.06. The van der Waals surface area contributed by atoms with Crippen LogP contribution in [0.2, 0.25) is 0 Å². The Balaban J connectivity index is 1.59. The summed E-state index contributed by atoms with van der Waals surface area (Å²) in [6.45, 7) is 3.10. The molecule has 0 spiro atoms. The number of ether oxygens (including phenoxy) is 2. The summed E-state index contributed by atoms with van der Waals surface area (Å²) >= 11 is 0.